The van der Waals surface area contributed by atoms with Gasteiger partial charge < -0.3 is 14.5 Å². The smallest absolute Gasteiger partial charge is 0.328 e. The quantitative estimate of drug-likeness (QED) is 0.777. The first-order valence-corrected chi connectivity index (χ1v) is 9.19. The van der Waals surface area contributed by atoms with Gasteiger partial charge in [-0.05, 0) is 50.3 Å². The number of amides is 2. The zero-order valence-electron chi connectivity index (χ0n) is 15.7. The van der Waals surface area contributed by atoms with Gasteiger partial charge in [-0.15, -0.1) is 0 Å². The molecule has 0 aliphatic carbocycles. The Hall–Kier alpha value is -2.37. The molecule has 0 saturated carbocycles. The summed E-state index contributed by atoms with van der Waals surface area (Å²) < 4.78 is 4.86. The first kappa shape index (κ1) is 18.4. The highest BCUT2D eigenvalue weighted by Crippen LogP contribution is 2.31. The number of benzene rings is 1. The summed E-state index contributed by atoms with van der Waals surface area (Å²) in [5.41, 5.74) is 3.04. The second kappa shape index (κ2) is 7.48. The molecule has 2 heterocycles. The number of likely N-dealkylation sites (tertiary alicyclic amines) is 1. The van der Waals surface area contributed by atoms with Crippen LogP contribution in [-0.4, -0.2) is 48.9 Å². The summed E-state index contributed by atoms with van der Waals surface area (Å²) in [6.07, 6.45) is 2.60. The van der Waals surface area contributed by atoms with E-state index < -0.39 is 12.0 Å². The van der Waals surface area contributed by atoms with Gasteiger partial charge in [0.05, 0.1) is 13.0 Å². The third-order valence-electron chi connectivity index (χ3n) is 5.60. The Bertz CT molecular complexity index is 731. The number of aryl methyl sites for hydroxylation is 1. The van der Waals surface area contributed by atoms with E-state index in [-0.39, 0.29) is 24.2 Å². The Balaban J connectivity index is 1.78. The molecular formula is C20H26N2O4. The number of hydrogen-bond acceptors (Lipinski definition) is 4. The van der Waals surface area contributed by atoms with Gasteiger partial charge in [0.25, 0.3) is 0 Å². The predicted octanol–water partition coefficient (Wildman–Crippen LogP) is 2.21. The summed E-state index contributed by atoms with van der Waals surface area (Å²) in [5, 5.41) is 0. The summed E-state index contributed by atoms with van der Waals surface area (Å²) in [4.78, 5) is 41.0. The molecule has 140 valence electrons. The van der Waals surface area contributed by atoms with E-state index in [1.165, 1.54) is 7.11 Å². The van der Waals surface area contributed by atoms with Crippen LogP contribution >= 0.6 is 0 Å². The largest absolute Gasteiger partial charge is 0.467 e. The first-order valence-electron chi connectivity index (χ1n) is 9.19. The third kappa shape index (κ3) is 3.32. The zero-order chi connectivity index (χ0) is 18.8. The first-order chi connectivity index (χ1) is 12.4. The lowest BCUT2D eigenvalue weighted by molar-refractivity contribution is -0.156. The van der Waals surface area contributed by atoms with Crippen molar-refractivity contribution in [2.75, 3.05) is 25.1 Å². The molecule has 2 fully saturated rings. The Labute approximate surface area is 154 Å². The fraction of sp³-hybridized carbons (Fsp3) is 0.550. The van der Waals surface area contributed by atoms with E-state index in [9.17, 15) is 14.4 Å². The Kier molecular flexibility index (Phi) is 5.30. The van der Waals surface area contributed by atoms with Gasteiger partial charge in [0.2, 0.25) is 11.8 Å². The predicted molar refractivity (Wildman–Crippen MR) is 97.7 cm³/mol. The van der Waals surface area contributed by atoms with Gasteiger partial charge in [-0.25, -0.2) is 4.79 Å². The molecule has 0 bridgehead atoms. The number of ether oxygens (including phenoxy) is 1. The highest BCUT2D eigenvalue weighted by molar-refractivity contribution is 6.01. The fourth-order valence-electron chi connectivity index (χ4n) is 3.94. The van der Waals surface area contributed by atoms with Gasteiger partial charge in [-0.1, -0.05) is 12.1 Å². The third-order valence-corrected chi connectivity index (χ3v) is 5.60. The van der Waals surface area contributed by atoms with Crippen molar-refractivity contribution >= 4 is 23.5 Å². The van der Waals surface area contributed by atoms with Crippen molar-refractivity contribution in [1.82, 2.24) is 4.90 Å². The molecule has 1 aromatic carbocycles. The minimum absolute atomic E-state index is 0.0383. The Morgan fingerprint density at radius 2 is 1.96 bits per heavy atom. The van der Waals surface area contributed by atoms with Gasteiger partial charge in [-0.2, -0.15) is 0 Å². The average molecular weight is 358 g/mol. The van der Waals surface area contributed by atoms with Gasteiger partial charge in [0.1, 0.15) is 6.04 Å². The summed E-state index contributed by atoms with van der Waals surface area (Å²) in [6.45, 7) is 4.92. The molecule has 0 aromatic heterocycles. The second-order valence-corrected chi connectivity index (χ2v) is 7.19. The van der Waals surface area contributed by atoms with Crippen LogP contribution in [0.3, 0.4) is 0 Å². The highest BCUT2D eigenvalue weighted by atomic mass is 16.5. The number of hydrogen-bond donors (Lipinski definition) is 0. The van der Waals surface area contributed by atoms with Gasteiger partial charge in [-0.3, -0.25) is 9.59 Å². The van der Waals surface area contributed by atoms with Crippen molar-refractivity contribution in [2.45, 2.75) is 45.6 Å². The molecule has 2 atom stereocenters. The molecule has 1 aromatic rings. The van der Waals surface area contributed by atoms with Crippen LogP contribution in [0, 0.1) is 19.8 Å². The molecule has 0 N–H and O–H groups in total. The van der Waals surface area contributed by atoms with E-state index in [2.05, 4.69) is 0 Å². The molecule has 0 unspecified atom stereocenters. The molecule has 26 heavy (non-hydrogen) atoms. The maximum absolute atomic E-state index is 13.0. The van der Waals surface area contributed by atoms with Crippen LogP contribution < -0.4 is 4.90 Å². The molecule has 6 heteroatoms. The van der Waals surface area contributed by atoms with E-state index >= 15 is 0 Å². The van der Waals surface area contributed by atoms with Crippen LogP contribution in [0.1, 0.15) is 36.8 Å². The van der Waals surface area contributed by atoms with Crippen LogP contribution in [-0.2, 0) is 19.1 Å². The van der Waals surface area contributed by atoms with Crippen molar-refractivity contribution in [3.05, 3.63) is 29.3 Å². The summed E-state index contributed by atoms with van der Waals surface area (Å²) in [6, 6.07) is 5.34. The van der Waals surface area contributed by atoms with E-state index in [0.29, 0.717) is 19.5 Å². The van der Waals surface area contributed by atoms with Gasteiger partial charge >= 0.3 is 5.97 Å². The Morgan fingerprint density at radius 3 is 2.69 bits per heavy atom. The molecule has 2 amide bonds. The van der Waals surface area contributed by atoms with Crippen molar-refractivity contribution in [1.29, 1.82) is 0 Å². The number of rotatable bonds is 3. The van der Waals surface area contributed by atoms with Crippen molar-refractivity contribution in [2.24, 2.45) is 5.92 Å². The van der Waals surface area contributed by atoms with Crippen LogP contribution in [0.5, 0.6) is 0 Å². The fourth-order valence-corrected chi connectivity index (χ4v) is 3.94. The summed E-state index contributed by atoms with van der Waals surface area (Å²) in [7, 11) is 1.35. The number of methoxy groups -OCH3 is 1. The van der Waals surface area contributed by atoms with E-state index in [4.69, 9.17) is 4.74 Å². The number of carbonyl (C=O) groups is 3. The number of carbonyl (C=O) groups excluding carboxylic acids is 3. The minimum Gasteiger partial charge on any atom is -0.467 e. The minimum atomic E-state index is -0.522. The second-order valence-electron chi connectivity index (χ2n) is 7.19. The van der Waals surface area contributed by atoms with Gasteiger partial charge in [0.15, 0.2) is 0 Å². The maximum atomic E-state index is 13.0. The van der Waals surface area contributed by atoms with Crippen molar-refractivity contribution in [3.63, 3.8) is 0 Å². The lowest BCUT2D eigenvalue weighted by Crippen LogP contribution is -2.50. The van der Waals surface area contributed by atoms with E-state index in [0.717, 1.165) is 29.7 Å². The zero-order valence-corrected chi connectivity index (χ0v) is 15.7. The highest BCUT2D eigenvalue weighted by Gasteiger charge is 2.41. The Morgan fingerprint density at radius 1 is 1.19 bits per heavy atom. The van der Waals surface area contributed by atoms with E-state index in [1.54, 1.807) is 9.80 Å². The SMILES string of the molecule is COC(=O)[C@H]1CCCCN1C(=O)[C@H]1CC(=O)N(c2cccc(C)c2C)C1. The summed E-state index contributed by atoms with van der Waals surface area (Å²) >= 11 is 0. The summed E-state index contributed by atoms with van der Waals surface area (Å²) in [5.74, 6) is -0.925. The molecule has 2 aliphatic rings. The number of nitrogens with zero attached hydrogens (tertiary/aromatic N) is 2. The van der Waals surface area contributed by atoms with Crippen molar-refractivity contribution in [3.8, 4) is 0 Å². The van der Waals surface area contributed by atoms with E-state index in [1.807, 2.05) is 32.0 Å². The lowest BCUT2D eigenvalue weighted by atomic mass is 9.98. The molecule has 3 rings (SSSR count). The monoisotopic (exact) mass is 358 g/mol. The molecule has 2 saturated heterocycles. The van der Waals surface area contributed by atoms with Crippen LogP contribution in [0.2, 0.25) is 0 Å². The van der Waals surface area contributed by atoms with Crippen LogP contribution in [0.15, 0.2) is 18.2 Å². The van der Waals surface area contributed by atoms with Crippen molar-refractivity contribution < 1.29 is 19.1 Å². The lowest BCUT2D eigenvalue weighted by Gasteiger charge is -2.35. The van der Waals surface area contributed by atoms with Crippen LogP contribution in [0.4, 0.5) is 5.69 Å². The molecule has 2 aliphatic heterocycles. The molecular weight excluding hydrogens is 332 g/mol. The average Bonchev–Trinajstić information content (AvgIpc) is 3.04. The molecule has 6 nitrogen and oxygen atoms in total. The maximum Gasteiger partial charge on any atom is 0.328 e. The molecule has 0 spiro atoms. The standard InChI is InChI=1S/C20H26N2O4/c1-13-7-6-9-16(14(13)2)22-12-15(11-18(22)23)19(24)21-10-5-4-8-17(21)20(25)26-3/h6-7,9,15,17H,4-5,8,10-12H2,1-3H3/t15-,17+/m0/s1. The molecule has 0 radical (unpaired) electrons. The number of piperidine rings is 1. The number of anilines is 1. The normalized spacial score (nSPS) is 23.3. The number of esters is 1. The van der Waals surface area contributed by atoms with Gasteiger partial charge in [0, 0.05) is 25.2 Å². The van der Waals surface area contributed by atoms with Crippen LogP contribution in [0.25, 0.3) is 0 Å². The topological polar surface area (TPSA) is 66.9 Å².